The molecule has 58 valence electrons. The minimum absolute atomic E-state index is 0. The highest BCUT2D eigenvalue weighted by Gasteiger charge is 1.98. The summed E-state index contributed by atoms with van der Waals surface area (Å²) in [5.74, 6) is 0. The molecule has 1 atom stereocenters. The van der Waals surface area contributed by atoms with Gasteiger partial charge in [-0.1, -0.05) is 13.3 Å². The van der Waals surface area contributed by atoms with Gasteiger partial charge in [-0.15, -0.1) is 0 Å². The molecule has 0 bridgehead atoms. The first kappa shape index (κ1) is 11.9. The van der Waals surface area contributed by atoms with Gasteiger partial charge in [0.1, 0.15) is 0 Å². The van der Waals surface area contributed by atoms with Crippen LogP contribution in [0.4, 0.5) is 0 Å². The summed E-state index contributed by atoms with van der Waals surface area (Å²) < 4.78 is 5.42. The lowest BCUT2D eigenvalue weighted by Crippen LogP contribution is -2.11. The van der Waals surface area contributed by atoms with Crippen molar-refractivity contribution >= 4 is 9.04 Å². The fourth-order valence-corrected chi connectivity index (χ4v) is 2.32. The van der Waals surface area contributed by atoms with E-state index in [1.54, 1.807) is 0 Å². The summed E-state index contributed by atoms with van der Waals surface area (Å²) in [7, 11) is -0.702. The predicted octanol–water partition coefficient (Wildman–Crippen LogP) is 1.95. The van der Waals surface area contributed by atoms with E-state index >= 15 is 0 Å². The van der Waals surface area contributed by atoms with Gasteiger partial charge in [0.15, 0.2) is 9.04 Å². The zero-order valence-electron chi connectivity index (χ0n) is 6.81. The molecule has 0 fully saturated rings. The fraction of sp³-hybridized carbons (Fsp3) is 1.00. The summed E-state index contributed by atoms with van der Waals surface area (Å²) in [6, 6.07) is 1.33. The Kier molecular flexibility index (Phi) is 10.7. The highest BCUT2D eigenvalue weighted by atomic mass is 28.3. The van der Waals surface area contributed by atoms with Crippen LogP contribution < -0.4 is 6.15 Å². The third-order valence-corrected chi connectivity index (χ3v) is 3.44. The van der Waals surface area contributed by atoms with Crippen LogP contribution in [0, 0.1) is 0 Å². The first-order valence-electron chi connectivity index (χ1n) is 3.42. The van der Waals surface area contributed by atoms with Crippen LogP contribution in [0.1, 0.15) is 20.3 Å². The molecule has 2 nitrogen and oxygen atoms in total. The van der Waals surface area contributed by atoms with Crippen LogP contribution in [0.5, 0.6) is 0 Å². The quantitative estimate of drug-likeness (QED) is 0.621. The van der Waals surface area contributed by atoms with E-state index in [9.17, 15) is 0 Å². The normalized spacial score (nSPS) is 12.3. The van der Waals surface area contributed by atoms with Crippen molar-refractivity contribution < 1.29 is 4.43 Å². The molecule has 1 unspecified atom stereocenters. The van der Waals surface area contributed by atoms with Gasteiger partial charge in [0.2, 0.25) is 0 Å². The summed E-state index contributed by atoms with van der Waals surface area (Å²) in [5.41, 5.74) is 0. The highest BCUT2D eigenvalue weighted by molar-refractivity contribution is 6.50. The Morgan fingerprint density at radius 1 is 1.33 bits per heavy atom. The van der Waals surface area contributed by atoms with Gasteiger partial charge < -0.3 is 10.6 Å². The van der Waals surface area contributed by atoms with Gasteiger partial charge in [0.25, 0.3) is 0 Å². The molecule has 3 N–H and O–H groups in total. The van der Waals surface area contributed by atoms with Crippen molar-refractivity contribution in [3.63, 3.8) is 0 Å². The summed E-state index contributed by atoms with van der Waals surface area (Å²) in [6.07, 6.45) is 1.29. The van der Waals surface area contributed by atoms with E-state index in [2.05, 4.69) is 20.4 Å². The molecule has 9 heavy (non-hydrogen) atoms. The molecule has 0 spiro atoms. The van der Waals surface area contributed by atoms with Crippen molar-refractivity contribution in [2.24, 2.45) is 0 Å². The zero-order valence-corrected chi connectivity index (χ0v) is 7.97. The van der Waals surface area contributed by atoms with Gasteiger partial charge in [-0.2, -0.15) is 0 Å². The molecule has 0 saturated heterocycles. The minimum atomic E-state index is -0.702. The van der Waals surface area contributed by atoms with Crippen molar-refractivity contribution in [1.82, 2.24) is 6.15 Å². The van der Waals surface area contributed by atoms with Gasteiger partial charge in [-0.05, 0) is 19.5 Å². The second-order valence-electron chi connectivity index (χ2n) is 2.05. The lowest BCUT2D eigenvalue weighted by molar-refractivity contribution is 0.345. The van der Waals surface area contributed by atoms with Crippen molar-refractivity contribution in [3.8, 4) is 0 Å². The van der Waals surface area contributed by atoms with Gasteiger partial charge >= 0.3 is 0 Å². The molecular weight excluding hydrogens is 130 g/mol. The zero-order chi connectivity index (χ0) is 6.41. The topological polar surface area (TPSA) is 44.2 Å². The van der Waals surface area contributed by atoms with Crippen LogP contribution >= 0.6 is 0 Å². The SMILES string of the molecule is CCC[SiH](C)OCC.N. The van der Waals surface area contributed by atoms with E-state index in [4.69, 9.17) is 4.43 Å². The van der Waals surface area contributed by atoms with E-state index in [-0.39, 0.29) is 6.15 Å². The van der Waals surface area contributed by atoms with E-state index in [0.29, 0.717) is 0 Å². The minimum Gasteiger partial charge on any atom is -0.421 e. The third kappa shape index (κ3) is 8.14. The summed E-state index contributed by atoms with van der Waals surface area (Å²) in [4.78, 5) is 0. The maximum atomic E-state index is 5.42. The van der Waals surface area contributed by atoms with E-state index < -0.39 is 9.04 Å². The monoisotopic (exact) mass is 149 g/mol. The number of hydrogen-bond donors (Lipinski definition) is 1. The molecule has 0 aromatic rings. The van der Waals surface area contributed by atoms with Gasteiger partial charge in [0, 0.05) is 6.61 Å². The summed E-state index contributed by atoms with van der Waals surface area (Å²) in [5, 5.41) is 0. The molecule has 0 rings (SSSR count). The van der Waals surface area contributed by atoms with Crippen LogP contribution in [0.3, 0.4) is 0 Å². The van der Waals surface area contributed by atoms with Gasteiger partial charge in [-0.3, -0.25) is 0 Å². The molecule has 0 aliphatic rings. The first-order valence-corrected chi connectivity index (χ1v) is 5.87. The standard InChI is InChI=1S/C6H16OSi.H3N/c1-4-6-8(3)7-5-2;/h8H,4-6H2,1-3H3;1H3. The van der Waals surface area contributed by atoms with E-state index in [1.165, 1.54) is 12.5 Å². The van der Waals surface area contributed by atoms with Crippen LogP contribution in [0.2, 0.25) is 12.6 Å². The van der Waals surface area contributed by atoms with Crippen LogP contribution in [0.15, 0.2) is 0 Å². The largest absolute Gasteiger partial charge is 0.421 e. The Morgan fingerprint density at radius 2 is 1.89 bits per heavy atom. The summed E-state index contributed by atoms with van der Waals surface area (Å²) >= 11 is 0. The Balaban J connectivity index is 0. The maximum absolute atomic E-state index is 5.42. The molecule has 0 aromatic heterocycles. The fourth-order valence-electron chi connectivity index (χ4n) is 0.774. The van der Waals surface area contributed by atoms with E-state index in [0.717, 1.165) is 6.61 Å². The molecule has 0 aliphatic heterocycles. The molecule has 0 radical (unpaired) electrons. The molecule has 3 heteroatoms. The Labute approximate surface area is 59.9 Å². The van der Waals surface area contributed by atoms with Gasteiger partial charge in [-0.25, -0.2) is 0 Å². The number of rotatable bonds is 4. The third-order valence-electron chi connectivity index (χ3n) is 1.15. The molecule has 0 heterocycles. The highest BCUT2D eigenvalue weighted by Crippen LogP contribution is 1.96. The van der Waals surface area contributed by atoms with Crippen LogP contribution in [-0.4, -0.2) is 15.6 Å². The smallest absolute Gasteiger partial charge is 0.173 e. The maximum Gasteiger partial charge on any atom is 0.173 e. The second-order valence-corrected chi connectivity index (χ2v) is 4.59. The second kappa shape index (κ2) is 8.14. The lowest BCUT2D eigenvalue weighted by Gasteiger charge is -2.06. The number of hydrogen-bond acceptors (Lipinski definition) is 2. The average Bonchev–Trinajstić information content (AvgIpc) is 1.68. The average molecular weight is 149 g/mol. The van der Waals surface area contributed by atoms with Crippen LogP contribution in [0.25, 0.3) is 0 Å². The Hall–Kier alpha value is 0.137. The van der Waals surface area contributed by atoms with Crippen molar-refractivity contribution in [3.05, 3.63) is 0 Å². The first-order chi connectivity index (χ1) is 3.81. The van der Waals surface area contributed by atoms with E-state index in [1.807, 2.05) is 0 Å². The molecule has 0 aliphatic carbocycles. The molecule has 0 saturated carbocycles. The van der Waals surface area contributed by atoms with Gasteiger partial charge in [0.05, 0.1) is 0 Å². The predicted molar refractivity (Wildman–Crippen MR) is 44.8 cm³/mol. The Morgan fingerprint density at radius 3 is 2.22 bits per heavy atom. The molecule has 0 amide bonds. The van der Waals surface area contributed by atoms with Crippen molar-refractivity contribution in [1.29, 1.82) is 0 Å². The molecular formula is C6H19NOSi. The summed E-state index contributed by atoms with van der Waals surface area (Å²) in [6.45, 7) is 7.45. The Bertz CT molecular complexity index is 46.3. The van der Waals surface area contributed by atoms with Crippen LogP contribution in [-0.2, 0) is 4.43 Å². The lowest BCUT2D eigenvalue weighted by atomic mass is 10.6. The molecule has 0 aromatic carbocycles. The van der Waals surface area contributed by atoms with Crippen molar-refractivity contribution in [2.45, 2.75) is 32.9 Å². The van der Waals surface area contributed by atoms with Crippen molar-refractivity contribution in [2.75, 3.05) is 6.61 Å².